The Labute approximate surface area is 118 Å². The second kappa shape index (κ2) is 8.09. The van der Waals surface area contributed by atoms with Gasteiger partial charge < -0.3 is 10.2 Å². The van der Waals surface area contributed by atoms with E-state index in [1.165, 1.54) is 4.90 Å². The highest BCUT2D eigenvalue weighted by molar-refractivity contribution is 5.41. The highest BCUT2D eigenvalue weighted by atomic mass is 19.4. The smallest absolute Gasteiger partial charge is 0.348 e. The first-order valence-corrected chi connectivity index (χ1v) is 6.93. The molecule has 0 spiro atoms. The van der Waals surface area contributed by atoms with Crippen LogP contribution in [0.4, 0.5) is 19.0 Å². The van der Waals surface area contributed by atoms with Crippen molar-refractivity contribution in [2.24, 2.45) is 0 Å². The Hall–Kier alpha value is -1.30. The minimum atomic E-state index is -4.21. The van der Waals surface area contributed by atoms with Gasteiger partial charge in [-0.3, -0.25) is 0 Å². The van der Waals surface area contributed by atoms with E-state index in [1.807, 2.05) is 13.0 Å². The molecule has 0 saturated heterocycles. The lowest BCUT2D eigenvalue weighted by atomic mass is 10.2. The van der Waals surface area contributed by atoms with Crippen LogP contribution in [0, 0.1) is 0 Å². The molecule has 0 atom stereocenters. The molecule has 0 aliphatic carbocycles. The van der Waals surface area contributed by atoms with E-state index in [4.69, 9.17) is 0 Å². The van der Waals surface area contributed by atoms with Crippen molar-refractivity contribution in [3.05, 3.63) is 23.9 Å². The van der Waals surface area contributed by atoms with Crippen LogP contribution in [0.15, 0.2) is 18.3 Å². The van der Waals surface area contributed by atoms with Crippen molar-refractivity contribution in [3.8, 4) is 0 Å². The summed E-state index contributed by atoms with van der Waals surface area (Å²) in [5.41, 5.74) is 0.951. The molecule has 114 valence electrons. The lowest BCUT2D eigenvalue weighted by Crippen LogP contribution is -2.35. The van der Waals surface area contributed by atoms with Gasteiger partial charge in [0.25, 0.3) is 0 Å². The molecule has 0 aliphatic rings. The van der Waals surface area contributed by atoms with Crippen LogP contribution in [0.1, 0.15) is 32.3 Å². The molecular formula is C14H22F3N3. The van der Waals surface area contributed by atoms with Gasteiger partial charge in [0.2, 0.25) is 0 Å². The molecule has 1 aromatic rings. The molecule has 1 heterocycles. The predicted molar refractivity (Wildman–Crippen MR) is 74.8 cm³/mol. The van der Waals surface area contributed by atoms with E-state index in [0.29, 0.717) is 25.3 Å². The van der Waals surface area contributed by atoms with E-state index in [1.54, 1.807) is 12.3 Å². The zero-order valence-electron chi connectivity index (χ0n) is 12.0. The number of pyridine rings is 1. The van der Waals surface area contributed by atoms with Gasteiger partial charge in [-0.25, -0.2) is 4.98 Å². The summed E-state index contributed by atoms with van der Waals surface area (Å²) in [5, 5.41) is 3.23. The van der Waals surface area contributed by atoms with Crippen LogP contribution in [0.5, 0.6) is 0 Å². The summed E-state index contributed by atoms with van der Waals surface area (Å²) in [4.78, 5) is 5.35. The summed E-state index contributed by atoms with van der Waals surface area (Å²) in [6, 6.07) is 3.55. The van der Waals surface area contributed by atoms with Crippen molar-refractivity contribution < 1.29 is 13.2 Å². The van der Waals surface area contributed by atoms with Crippen molar-refractivity contribution in [1.29, 1.82) is 0 Å². The summed E-state index contributed by atoms with van der Waals surface area (Å²) < 4.78 is 37.7. The Balaban J connectivity index is 2.77. The summed E-state index contributed by atoms with van der Waals surface area (Å²) in [7, 11) is 0. The second-order valence-electron chi connectivity index (χ2n) is 4.74. The molecule has 1 aromatic heterocycles. The van der Waals surface area contributed by atoms with Crippen LogP contribution in [0.3, 0.4) is 0 Å². The largest absolute Gasteiger partial charge is 0.405 e. The molecule has 1 rings (SSSR count). The standard InChI is InChI=1S/C14H22F3N3/c1-3-6-18-10-12-5-7-19-13(9-12)20(8-4-2)11-14(15,16)17/h5,7,9,18H,3-4,6,8,10-11H2,1-2H3. The first-order chi connectivity index (χ1) is 9.46. The van der Waals surface area contributed by atoms with E-state index < -0.39 is 12.7 Å². The maximum atomic E-state index is 12.6. The van der Waals surface area contributed by atoms with Crippen LogP contribution < -0.4 is 10.2 Å². The molecule has 3 nitrogen and oxygen atoms in total. The number of hydrogen-bond donors (Lipinski definition) is 1. The first kappa shape index (κ1) is 16.8. The quantitative estimate of drug-likeness (QED) is 0.744. The minimum absolute atomic E-state index is 0.346. The average molecular weight is 289 g/mol. The molecule has 0 unspecified atom stereocenters. The highest BCUT2D eigenvalue weighted by Gasteiger charge is 2.31. The van der Waals surface area contributed by atoms with E-state index in [9.17, 15) is 13.2 Å². The first-order valence-electron chi connectivity index (χ1n) is 6.93. The summed E-state index contributed by atoms with van der Waals surface area (Å²) >= 11 is 0. The van der Waals surface area contributed by atoms with Crippen molar-refractivity contribution >= 4 is 5.82 Å². The Morgan fingerprint density at radius 1 is 1.25 bits per heavy atom. The Morgan fingerprint density at radius 3 is 2.60 bits per heavy atom. The van der Waals surface area contributed by atoms with Gasteiger partial charge in [-0.05, 0) is 37.1 Å². The van der Waals surface area contributed by atoms with E-state index in [0.717, 1.165) is 18.5 Å². The number of rotatable bonds is 8. The lowest BCUT2D eigenvalue weighted by Gasteiger charge is -2.24. The SMILES string of the molecule is CCCNCc1ccnc(N(CCC)CC(F)(F)F)c1. The van der Waals surface area contributed by atoms with E-state index in [-0.39, 0.29) is 0 Å². The third-order valence-electron chi connectivity index (χ3n) is 2.75. The third-order valence-corrected chi connectivity index (χ3v) is 2.75. The van der Waals surface area contributed by atoms with Crippen molar-refractivity contribution in [2.45, 2.75) is 39.4 Å². The fourth-order valence-corrected chi connectivity index (χ4v) is 1.91. The fraction of sp³-hybridized carbons (Fsp3) is 0.643. The van der Waals surface area contributed by atoms with E-state index in [2.05, 4.69) is 17.2 Å². The van der Waals surface area contributed by atoms with Gasteiger partial charge >= 0.3 is 6.18 Å². The van der Waals surface area contributed by atoms with Crippen LogP contribution in [-0.4, -0.2) is 30.8 Å². The maximum absolute atomic E-state index is 12.6. The van der Waals surface area contributed by atoms with E-state index >= 15 is 0 Å². The summed E-state index contributed by atoms with van der Waals surface area (Å²) in [5.74, 6) is 0.389. The molecule has 0 aromatic carbocycles. The van der Waals surface area contributed by atoms with Crippen molar-refractivity contribution in [2.75, 3.05) is 24.5 Å². The number of aromatic nitrogens is 1. The van der Waals surface area contributed by atoms with Gasteiger partial charge in [-0.2, -0.15) is 13.2 Å². The van der Waals surface area contributed by atoms with Crippen LogP contribution in [0.25, 0.3) is 0 Å². The molecule has 1 N–H and O–H groups in total. The average Bonchev–Trinajstić information content (AvgIpc) is 2.37. The molecule has 0 aliphatic heterocycles. The normalized spacial score (nSPS) is 11.7. The minimum Gasteiger partial charge on any atom is -0.348 e. The van der Waals surface area contributed by atoms with Gasteiger partial charge in [-0.15, -0.1) is 0 Å². The molecule has 6 heteroatoms. The topological polar surface area (TPSA) is 28.2 Å². The molecule has 0 amide bonds. The van der Waals surface area contributed by atoms with Crippen LogP contribution >= 0.6 is 0 Å². The molecular weight excluding hydrogens is 267 g/mol. The maximum Gasteiger partial charge on any atom is 0.405 e. The zero-order chi connectivity index (χ0) is 15.0. The number of halogens is 3. The van der Waals surface area contributed by atoms with Gasteiger partial charge in [0, 0.05) is 19.3 Å². The summed E-state index contributed by atoms with van der Waals surface area (Å²) in [6.07, 6.45) is -0.977. The molecule has 20 heavy (non-hydrogen) atoms. The second-order valence-corrected chi connectivity index (χ2v) is 4.74. The van der Waals surface area contributed by atoms with Crippen LogP contribution in [-0.2, 0) is 6.54 Å². The molecule has 0 fully saturated rings. The van der Waals surface area contributed by atoms with Crippen LogP contribution in [0.2, 0.25) is 0 Å². The molecule has 0 bridgehead atoms. The molecule has 0 saturated carbocycles. The monoisotopic (exact) mass is 289 g/mol. The number of hydrogen-bond acceptors (Lipinski definition) is 3. The fourth-order valence-electron chi connectivity index (χ4n) is 1.91. The Bertz CT molecular complexity index is 393. The number of nitrogens with one attached hydrogen (secondary N) is 1. The van der Waals surface area contributed by atoms with Gasteiger partial charge in [-0.1, -0.05) is 13.8 Å². The van der Waals surface area contributed by atoms with Gasteiger partial charge in [0.05, 0.1) is 0 Å². The zero-order valence-corrected chi connectivity index (χ0v) is 12.0. The Kier molecular flexibility index (Phi) is 6.78. The van der Waals surface area contributed by atoms with Gasteiger partial charge in [0.1, 0.15) is 12.4 Å². The lowest BCUT2D eigenvalue weighted by molar-refractivity contribution is -0.119. The number of alkyl halides is 3. The van der Waals surface area contributed by atoms with Crippen molar-refractivity contribution in [1.82, 2.24) is 10.3 Å². The van der Waals surface area contributed by atoms with Crippen molar-refractivity contribution in [3.63, 3.8) is 0 Å². The number of nitrogens with zero attached hydrogens (tertiary/aromatic N) is 2. The molecule has 0 radical (unpaired) electrons. The van der Waals surface area contributed by atoms with Gasteiger partial charge in [0.15, 0.2) is 0 Å². The predicted octanol–water partition coefficient (Wildman–Crippen LogP) is 3.36. The summed E-state index contributed by atoms with van der Waals surface area (Å²) in [6.45, 7) is 4.85. The third kappa shape index (κ3) is 6.23. The Morgan fingerprint density at radius 2 is 2.00 bits per heavy atom. The number of anilines is 1. The highest BCUT2D eigenvalue weighted by Crippen LogP contribution is 2.21.